The summed E-state index contributed by atoms with van der Waals surface area (Å²) in [5.41, 5.74) is 0. The zero-order valence-corrected chi connectivity index (χ0v) is 11.4. The zero-order chi connectivity index (χ0) is 13.7. The van der Waals surface area contributed by atoms with Crippen LogP contribution in [0.3, 0.4) is 0 Å². The molecule has 7 nitrogen and oxygen atoms in total. The van der Waals surface area contributed by atoms with Crippen LogP contribution in [0.25, 0.3) is 0 Å². The standard InChI is InChI=1S/C12H22N4O3/c1-2-19-12(18)16-9-7-15(8-10-16)11(17)14-5-3-13-4-6-14/h13H,2-10H2,1H3. The smallest absolute Gasteiger partial charge is 0.409 e. The van der Waals surface area contributed by atoms with E-state index >= 15 is 0 Å². The highest BCUT2D eigenvalue weighted by Crippen LogP contribution is 2.07. The fraction of sp³-hybridized carbons (Fsp3) is 0.833. The van der Waals surface area contributed by atoms with Crippen molar-refractivity contribution in [2.75, 3.05) is 59.0 Å². The molecular weight excluding hydrogens is 248 g/mol. The molecule has 2 heterocycles. The van der Waals surface area contributed by atoms with Gasteiger partial charge in [-0.05, 0) is 6.92 Å². The van der Waals surface area contributed by atoms with Gasteiger partial charge in [-0.25, -0.2) is 9.59 Å². The Labute approximate surface area is 113 Å². The van der Waals surface area contributed by atoms with E-state index in [4.69, 9.17) is 4.74 Å². The fourth-order valence-electron chi connectivity index (χ4n) is 2.35. The van der Waals surface area contributed by atoms with Crippen molar-refractivity contribution < 1.29 is 14.3 Å². The van der Waals surface area contributed by atoms with Crippen LogP contribution >= 0.6 is 0 Å². The van der Waals surface area contributed by atoms with Crippen LogP contribution in [0, 0.1) is 0 Å². The predicted molar refractivity (Wildman–Crippen MR) is 70.0 cm³/mol. The molecule has 108 valence electrons. The van der Waals surface area contributed by atoms with Crippen molar-refractivity contribution >= 4 is 12.1 Å². The molecule has 0 bridgehead atoms. The summed E-state index contributed by atoms with van der Waals surface area (Å²) in [6.07, 6.45) is -0.281. The molecule has 3 amide bonds. The van der Waals surface area contributed by atoms with Crippen LogP contribution in [0.15, 0.2) is 0 Å². The largest absolute Gasteiger partial charge is 0.450 e. The summed E-state index contributed by atoms with van der Waals surface area (Å²) in [6, 6.07) is 0.0880. The van der Waals surface area contributed by atoms with E-state index in [2.05, 4.69) is 5.32 Å². The van der Waals surface area contributed by atoms with Crippen molar-refractivity contribution in [1.82, 2.24) is 20.0 Å². The molecule has 7 heteroatoms. The van der Waals surface area contributed by atoms with Crippen molar-refractivity contribution in [3.63, 3.8) is 0 Å². The summed E-state index contributed by atoms with van der Waals surface area (Å²) in [5, 5.41) is 3.23. The summed E-state index contributed by atoms with van der Waals surface area (Å²) < 4.78 is 4.96. The number of ether oxygens (including phenoxy) is 1. The van der Waals surface area contributed by atoms with Gasteiger partial charge in [0, 0.05) is 52.4 Å². The lowest BCUT2D eigenvalue weighted by atomic mass is 10.3. The van der Waals surface area contributed by atoms with Gasteiger partial charge in [-0.1, -0.05) is 0 Å². The lowest BCUT2D eigenvalue weighted by molar-refractivity contribution is 0.0776. The molecule has 19 heavy (non-hydrogen) atoms. The van der Waals surface area contributed by atoms with Gasteiger partial charge in [0.1, 0.15) is 0 Å². The van der Waals surface area contributed by atoms with Gasteiger partial charge in [-0.3, -0.25) is 0 Å². The Morgan fingerprint density at radius 1 is 0.947 bits per heavy atom. The molecule has 0 saturated carbocycles. The Hall–Kier alpha value is -1.50. The van der Waals surface area contributed by atoms with Crippen LogP contribution in [-0.2, 0) is 4.74 Å². The minimum absolute atomic E-state index is 0.0880. The summed E-state index contributed by atoms with van der Waals surface area (Å²) in [4.78, 5) is 29.2. The average molecular weight is 270 g/mol. The quantitative estimate of drug-likeness (QED) is 0.716. The number of piperazine rings is 2. The first-order valence-electron chi connectivity index (χ1n) is 6.88. The molecule has 0 aromatic rings. The van der Waals surface area contributed by atoms with E-state index in [-0.39, 0.29) is 12.1 Å². The summed E-state index contributed by atoms with van der Waals surface area (Å²) in [7, 11) is 0. The first kappa shape index (κ1) is 13.9. The third-order valence-electron chi connectivity index (χ3n) is 3.46. The van der Waals surface area contributed by atoms with Gasteiger partial charge in [0.25, 0.3) is 0 Å². The van der Waals surface area contributed by atoms with E-state index in [1.165, 1.54) is 0 Å². The Morgan fingerprint density at radius 3 is 2.05 bits per heavy atom. The lowest BCUT2D eigenvalue weighted by Crippen LogP contribution is -2.57. The number of hydrogen-bond acceptors (Lipinski definition) is 4. The number of urea groups is 1. The van der Waals surface area contributed by atoms with Gasteiger partial charge in [-0.2, -0.15) is 0 Å². The van der Waals surface area contributed by atoms with E-state index in [1.54, 1.807) is 11.8 Å². The number of hydrogen-bond donors (Lipinski definition) is 1. The number of rotatable bonds is 1. The highest BCUT2D eigenvalue weighted by atomic mass is 16.6. The third-order valence-corrected chi connectivity index (χ3v) is 3.46. The number of amides is 3. The number of nitrogens with zero attached hydrogens (tertiary/aromatic N) is 3. The van der Waals surface area contributed by atoms with Gasteiger partial charge in [0.05, 0.1) is 6.61 Å². The van der Waals surface area contributed by atoms with Crippen LogP contribution in [0.5, 0.6) is 0 Å². The van der Waals surface area contributed by atoms with Crippen LogP contribution in [0.1, 0.15) is 6.92 Å². The van der Waals surface area contributed by atoms with Gasteiger partial charge < -0.3 is 24.8 Å². The molecule has 2 rings (SSSR count). The van der Waals surface area contributed by atoms with Gasteiger partial charge in [-0.15, -0.1) is 0 Å². The van der Waals surface area contributed by atoms with Crippen LogP contribution in [0.2, 0.25) is 0 Å². The van der Waals surface area contributed by atoms with E-state index in [0.29, 0.717) is 32.8 Å². The molecule has 1 N–H and O–H groups in total. The maximum Gasteiger partial charge on any atom is 0.409 e. The van der Waals surface area contributed by atoms with Crippen molar-refractivity contribution in [2.45, 2.75) is 6.92 Å². The lowest BCUT2D eigenvalue weighted by Gasteiger charge is -2.38. The monoisotopic (exact) mass is 270 g/mol. The topological polar surface area (TPSA) is 65.1 Å². The Bertz CT molecular complexity index is 323. The first-order valence-corrected chi connectivity index (χ1v) is 6.88. The Morgan fingerprint density at radius 2 is 1.47 bits per heavy atom. The van der Waals surface area contributed by atoms with Crippen LogP contribution in [0.4, 0.5) is 9.59 Å². The fourth-order valence-corrected chi connectivity index (χ4v) is 2.35. The van der Waals surface area contributed by atoms with E-state index in [9.17, 15) is 9.59 Å². The molecule has 2 saturated heterocycles. The predicted octanol–water partition coefficient (Wildman–Crippen LogP) is -0.214. The molecule has 0 radical (unpaired) electrons. The molecule has 2 aliphatic heterocycles. The minimum atomic E-state index is -0.281. The normalized spacial score (nSPS) is 20.4. The molecule has 0 aromatic carbocycles. The molecule has 2 aliphatic rings. The van der Waals surface area contributed by atoms with Crippen LogP contribution < -0.4 is 5.32 Å². The third kappa shape index (κ3) is 3.50. The van der Waals surface area contributed by atoms with E-state index in [1.807, 2.05) is 9.80 Å². The summed E-state index contributed by atoms with van der Waals surface area (Å²) >= 11 is 0. The minimum Gasteiger partial charge on any atom is -0.450 e. The average Bonchev–Trinajstić information content (AvgIpc) is 2.48. The van der Waals surface area contributed by atoms with Gasteiger partial charge in [0.2, 0.25) is 0 Å². The van der Waals surface area contributed by atoms with E-state index in [0.717, 1.165) is 26.2 Å². The molecule has 0 spiro atoms. The maximum absolute atomic E-state index is 12.2. The van der Waals surface area contributed by atoms with E-state index < -0.39 is 0 Å². The number of carbonyl (C=O) groups is 2. The Kier molecular flexibility index (Phi) is 4.84. The summed E-state index contributed by atoms with van der Waals surface area (Å²) in [5.74, 6) is 0. The summed E-state index contributed by atoms with van der Waals surface area (Å²) in [6.45, 7) is 7.69. The molecule has 0 aliphatic carbocycles. The Balaban J connectivity index is 1.79. The second-order valence-electron chi connectivity index (χ2n) is 4.69. The van der Waals surface area contributed by atoms with Crippen molar-refractivity contribution in [3.05, 3.63) is 0 Å². The first-order chi connectivity index (χ1) is 9.22. The second-order valence-corrected chi connectivity index (χ2v) is 4.69. The SMILES string of the molecule is CCOC(=O)N1CCN(C(=O)N2CCNCC2)CC1. The van der Waals surface area contributed by atoms with Crippen molar-refractivity contribution in [3.8, 4) is 0 Å². The molecule has 0 aromatic heterocycles. The number of carbonyl (C=O) groups excluding carboxylic acids is 2. The zero-order valence-electron chi connectivity index (χ0n) is 11.4. The molecule has 0 unspecified atom stereocenters. The number of nitrogens with one attached hydrogen (secondary N) is 1. The highest BCUT2D eigenvalue weighted by molar-refractivity contribution is 5.75. The molecule has 2 fully saturated rings. The molecule has 0 atom stereocenters. The second kappa shape index (κ2) is 6.60. The van der Waals surface area contributed by atoms with Crippen LogP contribution in [-0.4, -0.2) is 85.8 Å². The highest BCUT2D eigenvalue weighted by Gasteiger charge is 2.28. The van der Waals surface area contributed by atoms with Gasteiger partial charge >= 0.3 is 12.1 Å². The van der Waals surface area contributed by atoms with Gasteiger partial charge in [0.15, 0.2) is 0 Å². The van der Waals surface area contributed by atoms with Crippen molar-refractivity contribution in [1.29, 1.82) is 0 Å². The molecular formula is C12H22N4O3. The maximum atomic E-state index is 12.2. The van der Waals surface area contributed by atoms with Crippen molar-refractivity contribution in [2.24, 2.45) is 0 Å².